The SMILES string of the molecule is CCC[CH2][Sn]([CH2]CCC)([O]C(=O)Cc1sc(-c2ccccc2)nc1-c1ccc(Cl)cc1)[O]C(=O)Cc1sc(-c2ccccc2)nc1-c1ccc(Cl)cc1. The van der Waals surface area contributed by atoms with E-state index in [0.717, 1.165) is 79.1 Å². The molecule has 6 rings (SSSR count). The predicted octanol–water partition coefficient (Wildman–Crippen LogP) is 12.5. The Morgan fingerprint density at radius 3 is 1.30 bits per heavy atom. The van der Waals surface area contributed by atoms with E-state index in [1.165, 1.54) is 22.7 Å². The number of rotatable bonds is 16. The molecule has 0 unspecified atom stereocenters. The van der Waals surface area contributed by atoms with E-state index in [4.69, 9.17) is 39.3 Å². The van der Waals surface area contributed by atoms with Crippen LogP contribution >= 0.6 is 45.9 Å². The van der Waals surface area contributed by atoms with Crippen molar-refractivity contribution in [3.63, 3.8) is 0 Å². The van der Waals surface area contributed by atoms with E-state index < -0.39 is 19.2 Å². The second kappa shape index (κ2) is 18.7. The van der Waals surface area contributed by atoms with Crippen LogP contribution in [-0.4, -0.2) is 41.1 Å². The molecule has 0 bridgehead atoms. The van der Waals surface area contributed by atoms with Gasteiger partial charge in [-0.3, -0.25) is 0 Å². The molecule has 272 valence electrons. The second-order valence-corrected chi connectivity index (χ2v) is 25.0. The molecule has 0 N–H and O–H groups in total. The zero-order valence-electron chi connectivity index (χ0n) is 29.6. The average molecular weight is 891 g/mol. The van der Waals surface area contributed by atoms with Crippen molar-refractivity contribution in [1.82, 2.24) is 9.97 Å². The van der Waals surface area contributed by atoms with Crippen molar-refractivity contribution in [1.29, 1.82) is 0 Å². The van der Waals surface area contributed by atoms with E-state index in [1.807, 2.05) is 109 Å². The van der Waals surface area contributed by atoms with Crippen molar-refractivity contribution in [2.75, 3.05) is 0 Å². The zero-order chi connectivity index (χ0) is 37.2. The van der Waals surface area contributed by atoms with Crippen LogP contribution < -0.4 is 0 Å². The number of hydrogen-bond acceptors (Lipinski definition) is 8. The molecule has 0 saturated heterocycles. The van der Waals surface area contributed by atoms with Gasteiger partial charge < -0.3 is 0 Å². The number of thiazole rings is 2. The number of nitrogens with zero attached hydrogens (tertiary/aromatic N) is 2. The summed E-state index contributed by atoms with van der Waals surface area (Å²) in [5, 5.41) is 2.87. The second-order valence-electron chi connectivity index (χ2n) is 12.7. The number of unbranched alkanes of at least 4 members (excludes halogenated alkanes) is 2. The minimum atomic E-state index is -4.35. The fraction of sp³-hybridized carbons (Fsp3) is 0.238. The van der Waals surface area contributed by atoms with Crippen LogP contribution in [0.4, 0.5) is 0 Å². The Hall–Kier alpha value is -3.54. The quantitative estimate of drug-likeness (QED) is 0.0901. The number of aromatic nitrogens is 2. The fourth-order valence-corrected chi connectivity index (χ4v) is 18.3. The molecule has 0 fully saturated rings. The summed E-state index contributed by atoms with van der Waals surface area (Å²) >= 11 is 11.0. The third-order valence-corrected chi connectivity index (χ3v) is 21.2. The standard InChI is InChI=1S/2C17H12ClNO2S.2C4H9.Sn/c2*18-13-8-6-11(7-9-13)16-14(10-15(20)21)22-17(19-16)12-4-2-1-3-5-12;2*1-3-4-2;/h2*1-9H,10H2,(H,20,21);2*1,3-4H2,2H3;/q;;;;+2/p-2. The van der Waals surface area contributed by atoms with Crippen molar-refractivity contribution in [2.24, 2.45) is 0 Å². The van der Waals surface area contributed by atoms with Gasteiger partial charge in [-0.1, -0.05) is 0 Å². The molecule has 0 atom stereocenters. The van der Waals surface area contributed by atoms with E-state index in [1.54, 1.807) is 0 Å². The molecule has 6 nitrogen and oxygen atoms in total. The van der Waals surface area contributed by atoms with Crippen molar-refractivity contribution in [2.45, 2.75) is 61.2 Å². The van der Waals surface area contributed by atoms with Gasteiger partial charge in [-0.2, -0.15) is 0 Å². The van der Waals surface area contributed by atoms with Crippen LogP contribution in [0.25, 0.3) is 43.7 Å². The Kier molecular flexibility index (Phi) is 13.8. The number of halogens is 2. The normalized spacial score (nSPS) is 11.4. The molecule has 2 heterocycles. The van der Waals surface area contributed by atoms with Gasteiger partial charge in [0.15, 0.2) is 0 Å². The van der Waals surface area contributed by atoms with Gasteiger partial charge in [0.2, 0.25) is 0 Å². The van der Waals surface area contributed by atoms with Crippen LogP contribution in [0, 0.1) is 0 Å². The topological polar surface area (TPSA) is 78.4 Å². The van der Waals surface area contributed by atoms with Gasteiger partial charge in [-0.25, -0.2) is 0 Å². The summed E-state index contributed by atoms with van der Waals surface area (Å²) in [5.41, 5.74) is 5.11. The summed E-state index contributed by atoms with van der Waals surface area (Å²) in [6.45, 7) is 4.20. The molecule has 0 spiro atoms. The molecule has 6 aromatic rings. The number of hydrogen-bond donors (Lipinski definition) is 0. The first-order valence-corrected chi connectivity index (χ1v) is 26.6. The Bertz CT molecular complexity index is 1970. The number of benzene rings is 4. The van der Waals surface area contributed by atoms with Crippen LogP contribution in [0.3, 0.4) is 0 Å². The van der Waals surface area contributed by atoms with Gasteiger partial charge in [0, 0.05) is 0 Å². The Labute approximate surface area is 334 Å². The summed E-state index contributed by atoms with van der Waals surface area (Å²) in [6.07, 6.45) is 3.45. The van der Waals surface area contributed by atoms with E-state index in [0.29, 0.717) is 18.9 Å². The van der Waals surface area contributed by atoms with Gasteiger partial charge in [0.25, 0.3) is 0 Å². The van der Waals surface area contributed by atoms with Gasteiger partial charge in [0.1, 0.15) is 0 Å². The van der Waals surface area contributed by atoms with E-state index in [-0.39, 0.29) is 24.8 Å². The summed E-state index contributed by atoms with van der Waals surface area (Å²) < 4.78 is 14.3. The van der Waals surface area contributed by atoms with Gasteiger partial charge >= 0.3 is 337 Å². The van der Waals surface area contributed by atoms with Crippen LogP contribution in [0.2, 0.25) is 18.9 Å². The van der Waals surface area contributed by atoms with E-state index in [9.17, 15) is 9.59 Å². The van der Waals surface area contributed by atoms with Crippen molar-refractivity contribution in [3.8, 4) is 43.7 Å². The van der Waals surface area contributed by atoms with Crippen LogP contribution in [0.15, 0.2) is 109 Å². The first-order valence-electron chi connectivity index (χ1n) is 17.8. The van der Waals surface area contributed by atoms with Gasteiger partial charge in [-0.05, 0) is 0 Å². The molecular formula is C42H40Cl2N2O4S2Sn. The fourth-order valence-electron chi connectivity index (χ4n) is 6.01. The summed E-state index contributed by atoms with van der Waals surface area (Å²) in [5.74, 6) is -0.768. The zero-order valence-corrected chi connectivity index (χ0v) is 35.6. The number of carbonyl (C=O) groups excluding carboxylic acids is 2. The Morgan fingerprint density at radius 2 is 0.943 bits per heavy atom. The molecule has 2 aromatic heterocycles. The number of carbonyl (C=O) groups is 2. The third-order valence-electron chi connectivity index (χ3n) is 8.70. The third kappa shape index (κ3) is 10.4. The van der Waals surface area contributed by atoms with E-state index in [2.05, 4.69) is 13.8 Å². The molecular weight excluding hydrogens is 850 g/mol. The first kappa shape index (κ1) is 39.2. The summed E-state index contributed by atoms with van der Waals surface area (Å²) in [6, 6.07) is 34.8. The monoisotopic (exact) mass is 890 g/mol. The summed E-state index contributed by atoms with van der Waals surface area (Å²) in [7, 11) is 0. The van der Waals surface area contributed by atoms with Crippen LogP contribution in [0.5, 0.6) is 0 Å². The molecule has 0 aliphatic heterocycles. The summed E-state index contributed by atoms with van der Waals surface area (Å²) in [4.78, 5) is 39.7. The van der Waals surface area contributed by atoms with Crippen molar-refractivity contribution >= 4 is 77.0 Å². The molecule has 4 aromatic carbocycles. The minimum absolute atomic E-state index is 0.0208. The van der Waals surface area contributed by atoms with Gasteiger partial charge in [0.05, 0.1) is 0 Å². The molecule has 53 heavy (non-hydrogen) atoms. The average Bonchev–Trinajstić information content (AvgIpc) is 3.79. The molecule has 0 aliphatic carbocycles. The maximum atomic E-state index is 14.1. The molecule has 11 heteroatoms. The molecule has 0 amide bonds. The predicted molar refractivity (Wildman–Crippen MR) is 221 cm³/mol. The Morgan fingerprint density at radius 1 is 0.566 bits per heavy atom. The first-order chi connectivity index (χ1) is 25.8. The molecule has 0 radical (unpaired) electrons. The van der Waals surface area contributed by atoms with Crippen molar-refractivity contribution in [3.05, 3.63) is 129 Å². The van der Waals surface area contributed by atoms with Crippen LogP contribution in [0.1, 0.15) is 49.3 Å². The van der Waals surface area contributed by atoms with E-state index >= 15 is 0 Å². The molecule has 0 saturated carbocycles. The van der Waals surface area contributed by atoms with Crippen LogP contribution in [-0.2, 0) is 28.6 Å². The molecule has 0 aliphatic rings. The Balaban J connectivity index is 1.28. The van der Waals surface area contributed by atoms with Gasteiger partial charge in [-0.15, -0.1) is 0 Å². The maximum absolute atomic E-state index is 14.1. The van der Waals surface area contributed by atoms with Crippen molar-refractivity contribution < 1.29 is 15.7 Å².